The van der Waals surface area contributed by atoms with Crippen LogP contribution in [-0.2, 0) is 6.42 Å². The molecule has 2 nitrogen and oxygen atoms in total. The fraction of sp³-hybridized carbons (Fsp3) is 0.267. The third-order valence-electron chi connectivity index (χ3n) is 2.72. The van der Waals surface area contributed by atoms with Gasteiger partial charge in [-0.1, -0.05) is 23.4 Å². The van der Waals surface area contributed by atoms with Gasteiger partial charge in [-0.05, 0) is 68.3 Å². The maximum Gasteiger partial charge on any atom is 0.101 e. The summed E-state index contributed by atoms with van der Waals surface area (Å²) in [6.07, 6.45) is 0.827. The fourth-order valence-corrected chi connectivity index (χ4v) is 3.25. The van der Waals surface area contributed by atoms with Gasteiger partial charge in [0.2, 0.25) is 0 Å². The molecule has 2 rings (SSSR count). The molecule has 1 aromatic carbocycles. The second kappa shape index (κ2) is 6.42. The first-order valence-corrected chi connectivity index (χ1v) is 7.39. The first-order chi connectivity index (χ1) is 9.08. The van der Waals surface area contributed by atoms with Crippen LogP contribution in [0.15, 0.2) is 40.3 Å². The Kier molecular flexibility index (Phi) is 4.86. The highest BCUT2D eigenvalue weighted by Gasteiger charge is 2.07. The van der Waals surface area contributed by atoms with Crippen molar-refractivity contribution in [3.8, 4) is 0 Å². The smallest absolute Gasteiger partial charge is 0.101 e. The second-order valence-corrected chi connectivity index (χ2v) is 6.02. The van der Waals surface area contributed by atoms with Crippen LogP contribution in [0.1, 0.15) is 16.8 Å². The van der Waals surface area contributed by atoms with Gasteiger partial charge in [-0.2, -0.15) is 0 Å². The Balaban J connectivity index is 2.31. The lowest BCUT2D eigenvalue weighted by Crippen LogP contribution is -2.03. The summed E-state index contributed by atoms with van der Waals surface area (Å²) in [5.41, 5.74) is 9.10. The minimum Gasteiger partial charge on any atom is -0.330 e. The third-order valence-corrected chi connectivity index (χ3v) is 4.00. The summed E-state index contributed by atoms with van der Waals surface area (Å²) in [6.45, 7) is 4.72. The van der Waals surface area contributed by atoms with Crippen molar-refractivity contribution >= 4 is 23.4 Å². The number of hydrogen-bond acceptors (Lipinski definition) is 3. The number of halogens is 1. The fourth-order valence-electron chi connectivity index (χ4n) is 1.97. The largest absolute Gasteiger partial charge is 0.330 e. The average molecular weight is 293 g/mol. The molecule has 2 N–H and O–H groups in total. The van der Waals surface area contributed by atoms with Crippen molar-refractivity contribution in [2.45, 2.75) is 30.2 Å². The van der Waals surface area contributed by atoms with Crippen LogP contribution in [0.5, 0.6) is 0 Å². The molecule has 0 saturated heterocycles. The number of aryl methyl sites for hydroxylation is 2. The summed E-state index contributed by atoms with van der Waals surface area (Å²) in [7, 11) is 0. The van der Waals surface area contributed by atoms with Gasteiger partial charge in [0.1, 0.15) is 5.03 Å². The van der Waals surface area contributed by atoms with Crippen LogP contribution in [0.3, 0.4) is 0 Å². The number of aromatic nitrogens is 1. The number of pyridine rings is 1. The van der Waals surface area contributed by atoms with Gasteiger partial charge >= 0.3 is 0 Å². The first-order valence-electron chi connectivity index (χ1n) is 6.20. The van der Waals surface area contributed by atoms with Crippen LogP contribution in [0, 0.1) is 13.8 Å². The summed E-state index contributed by atoms with van der Waals surface area (Å²) in [6, 6.07) is 10.1. The number of hydrogen-bond donors (Lipinski definition) is 1. The Morgan fingerprint density at radius 3 is 2.68 bits per heavy atom. The summed E-state index contributed by atoms with van der Waals surface area (Å²) in [5.74, 6) is 0. The molecular formula is C15H17ClN2S. The van der Waals surface area contributed by atoms with Crippen LogP contribution < -0.4 is 5.73 Å². The van der Waals surface area contributed by atoms with E-state index >= 15 is 0 Å². The SMILES string of the molecule is Cc1cc(C)nc(Sc2ccc(Cl)cc2CCN)c1. The van der Waals surface area contributed by atoms with Crippen LogP contribution in [0.2, 0.25) is 5.02 Å². The monoisotopic (exact) mass is 292 g/mol. The lowest BCUT2D eigenvalue weighted by Gasteiger charge is -2.09. The molecular weight excluding hydrogens is 276 g/mol. The van der Waals surface area contributed by atoms with Crippen LogP contribution >= 0.6 is 23.4 Å². The summed E-state index contributed by atoms with van der Waals surface area (Å²) in [5, 5.41) is 1.76. The molecule has 0 bridgehead atoms. The van der Waals surface area contributed by atoms with Gasteiger partial charge in [0.15, 0.2) is 0 Å². The highest BCUT2D eigenvalue weighted by Crippen LogP contribution is 2.31. The summed E-state index contributed by atoms with van der Waals surface area (Å²) < 4.78 is 0. The van der Waals surface area contributed by atoms with E-state index in [1.165, 1.54) is 16.0 Å². The Morgan fingerprint density at radius 2 is 2.00 bits per heavy atom. The van der Waals surface area contributed by atoms with Crippen LogP contribution in [-0.4, -0.2) is 11.5 Å². The van der Waals surface area contributed by atoms with Gasteiger partial charge in [-0.25, -0.2) is 4.98 Å². The van der Waals surface area contributed by atoms with E-state index in [1.807, 2.05) is 25.1 Å². The van der Waals surface area contributed by atoms with Gasteiger partial charge < -0.3 is 5.73 Å². The number of rotatable bonds is 4. The molecule has 0 spiro atoms. The van der Waals surface area contributed by atoms with E-state index < -0.39 is 0 Å². The molecule has 1 heterocycles. The van der Waals surface area contributed by atoms with Crippen molar-refractivity contribution in [2.75, 3.05) is 6.54 Å². The van der Waals surface area contributed by atoms with Gasteiger partial charge in [0, 0.05) is 15.6 Å². The molecule has 1 aromatic heterocycles. The van der Waals surface area contributed by atoms with E-state index in [-0.39, 0.29) is 0 Å². The van der Waals surface area contributed by atoms with Crippen molar-refractivity contribution < 1.29 is 0 Å². The zero-order valence-corrected chi connectivity index (χ0v) is 12.7. The summed E-state index contributed by atoms with van der Waals surface area (Å²) >= 11 is 7.71. The quantitative estimate of drug-likeness (QED) is 0.925. The van der Waals surface area contributed by atoms with Crippen molar-refractivity contribution in [3.63, 3.8) is 0 Å². The minimum absolute atomic E-state index is 0.619. The number of nitrogens with zero attached hydrogens (tertiary/aromatic N) is 1. The first kappa shape index (κ1) is 14.4. The molecule has 0 aliphatic carbocycles. The standard InChI is InChI=1S/C15H17ClN2S/c1-10-7-11(2)18-15(8-10)19-14-4-3-13(16)9-12(14)5-6-17/h3-4,7-9H,5-6,17H2,1-2H3. The summed E-state index contributed by atoms with van der Waals surface area (Å²) in [4.78, 5) is 5.73. The number of nitrogens with two attached hydrogens (primary N) is 1. The molecule has 0 unspecified atom stereocenters. The maximum absolute atomic E-state index is 6.04. The number of benzene rings is 1. The van der Waals surface area contributed by atoms with Gasteiger partial charge in [-0.15, -0.1) is 0 Å². The van der Waals surface area contributed by atoms with Crippen molar-refractivity contribution in [1.29, 1.82) is 0 Å². The predicted octanol–water partition coefficient (Wildman–Crippen LogP) is 4.00. The van der Waals surface area contributed by atoms with E-state index in [0.717, 1.165) is 22.2 Å². The molecule has 100 valence electrons. The van der Waals surface area contributed by atoms with E-state index in [0.29, 0.717) is 6.54 Å². The molecule has 0 aliphatic rings. The van der Waals surface area contributed by atoms with E-state index in [4.69, 9.17) is 17.3 Å². The molecule has 2 aromatic rings. The Labute approximate surface area is 123 Å². The van der Waals surface area contributed by atoms with E-state index in [9.17, 15) is 0 Å². The Hall–Kier alpha value is -1.03. The van der Waals surface area contributed by atoms with Crippen molar-refractivity contribution in [2.24, 2.45) is 5.73 Å². The normalized spacial score (nSPS) is 10.7. The molecule has 19 heavy (non-hydrogen) atoms. The van der Waals surface area contributed by atoms with E-state index in [2.05, 4.69) is 24.0 Å². The van der Waals surface area contributed by atoms with Crippen molar-refractivity contribution in [3.05, 3.63) is 52.2 Å². The highest BCUT2D eigenvalue weighted by molar-refractivity contribution is 7.99. The molecule has 0 saturated carbocycles. The molecule has 0 atom stereocenters. The molecule has 0 amide bonds. The topological polar surface area (TPSA) is 38.9 Å². The zero-order valence-electron chi connectivity index (χ0n) is 11.1. The van der Waals surface area contributed by atoms with Crippen LogP contribution in [0.25, 0.3) is 0 Å². The van der Waals surface area contributed by atoms with E-state index in [1.54, 1.807) is 11.8 Å². The Bertz CT molecular complexity index is 564. The zero-order chi connectivity index (χ0) is 13.8. The lowest BCUT2D eigenvalue weighted by molar-refractivity contribution is 0.943. The molecule has 0 radical (unpaired) electrons. The van der Waals surface area contributed by atoms with Crippen LogP contribution in [0.4, 0.5) is 0 Å². The molecule has 4 heteroatoms. The predicted molar refractivity (Wildman–Crippen MR) is 82.0 cm³/mol. The highest BCUT2D eigenvalue weighted by atomic mass is 35.5. The maximum atomic E-state index is 6.04. The second-order valence-electron chi connectivity index (χ2n) is 4.52. The average Bonchev–Trinajstić information content (AvgIpc) is 2.32. The van der Waals surface area contributed by atoms with Gasteiger partial charge in [0.25, 0.3) is 0 Å². The lowest BCUT2D eigenvalue weighted by atomic mass is 10.1. The van der Waals surface area contributed by atoms with Gasteiger partial charge in [0.05, 0.1) is 0 Å². The molecule has 0 fully saturated rings. The third kappa shape index (κ3) is 3.96. The molecule has 0 aliphatic heterocycles. The Morgan fingerprint density at radius 1 is 1.21 bits per heavy atom. The minimum atomic E-state index is 0.619. The van der Waals surface area contributed by atoms with Gasteiger partial charge in [-0.3, -0.25) is 0 Å². The van der Waals surface area contributed by atoms with Crippen molar-refractivity contribution in [1.82, 2.24) is 4.98 Å².